The van der Waals surface area contributed by atoms with Crippen LogP contribution in [-0.2, 0) is 0 Å². The van der Waals surface area contributed by atoms with Crippen LogP contribution in [0.1, 0.15) is 35.1 Å². The minimum Gasteiger partial charge on any atom is -0.364 e. The standard InChI is InChI=1S/C10H10N6O.ClH/c11-8(17)7-3-4-12-10(14-7)16-5-13-9(15-16)6-1-2-6;/h3-6H,1-2H2,(H2,11,17);1H. The highest BCUT2D eigenvalue weighted by Crippen LogP contribution is 2.37. The van der Waals surface area contributed by atoms with Crippen LogP contribution in [0.4, 0.5) is 0 Å². The van der Waals surface area contributed by atoms with Crippen molar-refractivity contribution in [1.82, 2.24) is 24.7 Å². The number of hydrogen-bond donors (Lipinski definition) is 1. The SMILES string of the molecule is Cl.NC(=O)c1ccnc(-n2cnc(C3CC3)n2)n1. The van der Waals surface area contributed by atoms with E-state index in [0.29, 0.717) is 11.9 Å². The molecule has 1 fully saturated rings. The zero-order valence-corrected chi connectivity index (χ0v) is 10.2. The molecule has 1 saturated carbocycles. The van der Waals surface area contributed by atoms with Gasteiger partial charge in [-0.15, -0.1) is 17.5 Å². The van der Waals surface area contributed by atoms with Crippen LogP contribution < -0.4 is 5.73 Å². The van der Waals surface area contributed by atoms with Gasteiger partial charge in [-0.1, -0.05) is 0 Å². The summed E-state index contributed by atoms with van der Waals surface area (Å²) in [4.78, 5) is 23.2. The predicted molar refractivity (Wildman–Crippen MR) is 64.7 cm³/mol. The van der Waals surface area contributed by atoms with E-state index in [9.17, 15) is 4.79 Å². The molecule has 0 spiro atoms. The van der Waals surface area contributed by atoms with Crippen LogP contribution in [0.5, 0.6) is 0 Å². The third kappa shape index (κ3) is 2.30. The fraction of sp³-hybridized carbons (Fsp3) is 0.300. The minimum absolute atomic E-state index is 0. The molecule has 94 valence electrons. The first-order valence-corrected chi connectivity index (χ1v) is 5.29. The molecule has 0 bridgehead atoms. The average molecular weight is 267 g/mol. The van der Waals surface area contributed by atoms with Gasteiger partial charge in [0.05, 0.1) is 0 Å². The molecule has 0 aliphatic heterocycles. The normalized spacial score (nSPS) is 14.0. The molecule has 1 aliphatic rings. The number of amides is 1. The molecule has 2 N–H and O–H groups in total. The second kappa shape index (κ2) is 4.69. The zero-order valence-electron chi connectivity index (χ0n) is 9.35. The van der Waals surface area contributed by atoms with Gasteiger partial charge in [-0.3, -0.25) is 4.79 Å². The molecule has 2 aromatic heterocycles. The van der Waals surface area contributed by atoms with Crippen molar-refractivity contribution in [3.63, 3.8) is 0 Å². The summed E-state index contributed by atoms with van der Waals surface area (Å²) in [5, 5.41) is 4.27. The summed E-state index contributed by atoms with van der Waals surface area (Å²) in [6, 6.07) is 1.46. The molecule has 2 aromatic rings. The van der Waals surface area contributed by atoms with E-state index in [1.54, 1.807) is 6.33 Å². The van der Waals surface area contributed by atoms with Crippen LogP contribution in [0.25, 0.3) is 5.95 Å². The van der Waals surface area contributed by atoms with Crippen LogP contribution in [0, 0.1) is 0 Å². The maximum absolute atomic E-state index is 11.0. The molecule has 0 atom stereocenters. The molecule has 1 aliphatic carbocycles. The fourth-order valence-electron chi connectivity index (χ4n) is 1.50. The first-order chi connectivity index (χ1) is 8.24. The van der Waals surface area contributed by atoms with Gasteiger partial charge in [0.25, 0.3) is 11.9 Å². The maximum atomic E-state index is 11.0. The number of aromatic nitrogens is 5. The summed E-state index contributed by atoms with van der Waals surface area (Å²) < 4.78 is 1.46. The van der Waals surface area contributed by atoms with E-state index in [2.05, 4.69) is 20.1 Å². The van der Waals surface area contributed by atoms with Gasteiger partial charge in [-0.2, -0.15) is 4.68 Å². The van der Waals surface area contributed by atoms with E-state index in [1.807, 2.05) is 0 Å². The quantitative estimate of drug-likeness (QED) is 0.870. The van der Waals surface area contributed by atoms with Gasteiger partial charge in [-0.05, 0) is 18.9 Å². The average Bonchev–Trinajstić information content (AvgIpc) is 3.07. The lowest BCUT2D eigenvalue weighted by Gasteiger charge is -1.99. The minimum atomic E-state index is -0.587. The lowest BCUT2D eigenvalue weighted by Crippen LogP contribution is -2.15. The predicted octanol–water partition coefficient (Wildman–Crippen LogP) is 0.455. The van der Waals surface area contributed by atoms with Crippen LogP contribution in [-0.4, -0.2) is 30.6 Å². The van der Waals surface area contributed by atoms with Gasteiger partial charge in [0.15, 0.2) is 5.82 Å². The third-order valence-corrected chi connectivity index (χ3v) is 2.55. The number of nitrogens with two attached hydrogens (primary N) is 1. The first kappa shape index (κ1) is 12.4. The lowest BCUT2D eigenvalue weighted by atomic mass is 10.4. The number of carbonyl (C=O) groups excluding carboxylic acids is 1. The van der Waals surface area contributed by atoms with E-state index in [1.165, 1.54) is 16.9 Å². The van der Waals surface area contributed by atoms with Crippen molar-refractivity contribution in [3.05, 3.63) is 30.1 Å². The highest BCUT2D eigenvalue weighted by Gasteiger charge is 2.27. The van der Waals surface area contributed by atoms with Crippen molar-refractivity contribution in [1.29, 1.82) is 0 Å². The van der Waals surface area contributed by atoms with E-state index in [-0.39, 0.29) is 18.1 Å². The van der Waals surface area contributed by atoms with Gasteiger partial charge >= 0.3 is 0 Å². The van der Waals surface area contributed by atoms with Gasteiger partial charge < -0.3 is 5.73 Å². The second-order valence-electron chi connectivity index (χ2n) is 3.93. The molecule has 0 aromatic carbocycles. The van der Waals surface area contributed by atoms with Crippen molar-refractivity contribution in [2.75, 3.05) is 0 Å². The largest absolute Gasteiger partial charge is 0.364 e. The fourth-order valence-corrected chi connectivity index (χ4v) is 1.50. The molecular weight excluding hydrogens is 256 g/mol. The molecule has 18 heavy (non-hydrogen) atoms. The second-order valence-corrected chi connectivity index (χ2v) is 3.93. The number of hydrogen-bond acceptors (Lipinski definition) is 5. The van der Waals surface area contributed by atoms with Crippen molar-refractivity contribution in [2.45, 2.75) is 18.8 Å². The number of halogens is 1. The molecule has 1 amide bonds. The number of nitrogens with zero attached hydrogens (tertiary/aromatic N) is 5. The van der Waals surface area contributed by atoms with Crippen LogP contribution in [0.15, 0.2) is 18.6 Å². The molecular formula is C10H11ClN6O. The number of rotatable bonds is 3. The number of primary amides is 1. The van der Waals surface area contributed by atoms with Gasteiger partial charge in [0, 0.05) is 12.1 Å². The Bertz CT molecular complexity index is 579. The molecule has 0 radical (unpaired) electrons. The molecule has 7 nitrogen and oxygen atoms in total. The van der Waals surface area contributed by atoms with Crippen LogP contribution in [0.3, 0.4) is 0 Å². The Labute approximate surface area is 109 Å². The summed E-state index contributed by atoms with van der Waals surface area (Å²) in [6.07, 6.45) is 5.28. The highest BCUT2D eigenvalue weighted by atomic mass is 35.5. The third-order valence-electron chi connectivity index (χ3n) is 2.55. The lowest BCUT2D eigenvalue weighted by molar-refractivity contribution is 0.0995. The Kier molecular flexibility index (Phi) is 3.24. The summed E-state index contributed by atoms with van der Waals surface area (Å²) in [5.41, 5.74) is 5.31. The Hall–Kier alpha value is -2.02. The molecule has 2 heterocycles. The van der Waals surface area contributed by atoms with Gasteiger partial charge in [0.1, 0.15) is 12.0 Å². The first-order valence-electron chi connectivity index (χ1n) is 5.29. The van der Waals surface area contributed by atoms with E-state index >= 15 is 0 Å². The van der Waals surface area contributed by atoms with E-state index in [0.717, 1.165) is 18.7 Å². The van der Waals surface area contributed by atoms with Crippen molar-refractivity contribution in [2.24, 2.45) is 5.73 Å². The molecule has 0 saturated heterocycles. The summed E-state index contributed by atoms with van der Waals surface area (Å²) in [6.45, 7) is 0. The zero-order chi connectivity index (χ0) is 11.8. The van der Waals surface area contributed by atoms with E-state index in [4.69, 9.17) is 5.73 Å². The molecule has 3 rings (SSSR count). The summed E-state index contributed by atoms with van der Waals surface area (Å²) >= 11 is 0. The Morgan fingerprint density at radius 1 is 1.39 bits per heavy atom. The van der Waals surface area contributed by atoms with Gasteiger partial charge in [0.2, 0.25) is 0 Å². The van der Waals surface area contributed by atoms with Crippen LogP contribution in [0.2, 0.25) is 0 Å². The van der Waals surface area contributed by atoms with Crippen molar-refractivity contribution < 1.29 is 4.79 Å². The molecule has 0 unspecified atom stereocenters. The topological polar surface area (TPSA) is 99.6 Å². The van der Waals surface area contributed by atoms with Crippen LogP contribution >= 0.6 is 12.4 Å². The highest BCUT2D eigenvalue weighted by molar-refractivity contribution is 5.90. The van der Waals surface area contributed by atoms with Crippen molar-refractivity contribution in [3.8, 4) is 5.95 Å². The molecule has 8 heteroatoms. The Morgan fingerprint density at radius 3 is 2.83 bits per heavy atom. The van der Waals surface area contributed by atoms with E-state index < -0.39 is 5.91 Å². The Morgan fingerprint density at radius 2 is 2.17 bits per heavy atom. The van der Waals surface area contributed by atoms with Gasteiger partial charge in [-0.25, -0.2) is 15.0 Å². The summed E-state index contributed by atoms with van der Waals surface area (Å²) in [7, 11) is 0. The van der Waals surface area contributed by atoms with Crippen molar-refractivity contribution >= 4 is 18.3 Å². The Balaban J connectivity index is 0.00000120. The maximum Gasteiger partial charge on any atom is 0.267 e. The smallest absolute Gasteiger partial charge is 0.267 e. The monoisotopic (exact) mass is 266 g/mol. The number of carbonyl (C=O) groups is 1. The summed E-state index contributed by atoms with van der Waals surface area (Å²) in [5.74, 6) is 0.991.